The Kier molecular flexibility index (Phi) is 5.34. The van der Waals surface area contributed by atoms with Crippen molar-refractivity contribution in [3.8, 4) is 0 Å². The second-order valence-electron chi connectivity index (χ2n) is 5.12. The molecule has 0 saturated heterocycles. The van der Waals surface area contributed by atoms with E-state index >= 15 is 0 Å². The number of hydrogen-bond acceptors (Lipinski definition) is 5. The molecule has 0 aliphatic heterocycles. The third kappa shape index (κ3) is 6.77. The molecule has 2 N–H and O–H groups in total. The predicted octanol–water partition coefficient (Wildman–Crippen LogP) is 2.43. The van der Waals surface area contributed by atoms with Crippen molar-refractivity contribution >= 4 is 12.0 Å². The van der Waals surface area contributed by atoms with Gasteiger partial charge in [-0.1, -0.05) is 0 Å². The minimum Gasteiger partial charge on any atom is -0.444 e. The molecule has 1 rings (SSSR count). The van der Waals surface area contributed by atoms with Crippen LogP contribution in [0.5, 0.6) is 0 Å². The van der Waals surface area contributed by atoms with Gasteiger partial charge >= 0.3 is 12.3 Å². The Hall–Kier alpha value is -2.06. The lowest BCUT2D eigenvalue weighted by Gasteiger charge is -2.19. The number of rotatable bonds is 4. The maximum atomic E-state index is 12.4. The van der Waals surface area contributed by atoms with Crippen molar-refractivity contribution in [3.63, 3.8) is 0 Å². The molecule has 0 saturated carbocycles. The average Bonchev–Trinajstić information content (AvgIpc) is 2.32. The quantitative estimate of drug-likeness (QED) is 0.836. The molecule has 0 bridgehead atoms. The molecule has 1 aromatic heterocycles. The Morgan fingerprint density at radius 1 is 1.29 bits per heavy atom. The number of carbonyl (C=O) groups excluding carboxylic acids is 1. The minimum atomic E-state index is -4.52. The van der Waals surface area contributed by atoms with Gasteiger partial charge in [0.25, 0.3) is 0 Å². The summed E-state index contributed by atoms with van der Waals surface area (Å²) in [5, 5.41) is 5.04. The fourth-order valence-electron chi connectivity index (χ4n) is 1.25. The van der Waals surface area contributed by atoms with E-state index in [4.69, 9.17) is 4.74 Å². The van der Waals surface area contributed by atoms with Gasteiger partial charge in [-0.15, -0.1) is 0 Å². The number of halogens is 3. The number of aromatic nitrogens is 2. The van der Waals surface area contributed by atoms with Crippen molar-refractivity contribution in [3.05, 3.63) is 18.0 Å². The summed E-state index contributed by atoms with van der Waals surface area (Å²) in [5.74, 6) is -0.157. The van der Waals surface area contributed by atoms with Crippen molar-refractivity contribution < 1.29 is 22.7 Å². The monoisotopic (exact) mass is 306 g/mol. The number of nitrogens with zero attached hydrogens (tertiary/aromatic N) is 2. The highest BCUT2D eigenvalue weighted by molar-refractivity contribution is 5.67. The molecule has 0 atom stereocenters. The lowest BCUT2D eigenvalue weighted by atomic mass is 10.2. The minimum absolute atomic E-state index is 0.157. The van der Waals surface area contributed by atoms with Crippen LogP contribution in [0.4, 0.5) is 23.9 Å². The van der Waals surface area contributed by atoms with Gasteiger partial charge in [-0.25, -0.2) is 14.8 Å². The largest absolute Gasteiger partial charge is 0.444 e. The summed E-state index contributed by atoms with van der Waals surface area (Å²) in [5.41, 5.74) is -1.64. The number of alkyl halides is 3. The van der Waals surface area contributed by atoms with Crippen molar-refractivity contribution in [2.24, 2.45) is 0 Å². The highest BCUT2D eigenvalue weighted by atomic mass is 19.4. The number of alkyl carbamates (subject to hydrolysis) is 1. The third-order valence-electron chi connectivity index (χ3n) is 2.02. The summed E-state index contributed by atoms with van der Waals surface area (Å²) in [6.45, 7) is 5.50. The highest BCUT2D eigenvalue weighted by Gasteiger charge is 2.32. The third-order valence-corrected chi connectivity index (χ3v) is 2.02. The second-order valence-corrected chi connectivity index (χ2v) is 5.12. The molecule has 0 fully saturated rings. The van der Waals surface area contributed by atoms with Crippen LogP contribution in [-0.2, 0) is 10.9 Å². The van der Waals surface area contributed by atoms with Crippen LogP contribution in [0.25, 0.3) is 0 Å². The molecule has 0 aliphatic rings. The lowest BCUT2D eigenvalue weighted by Crippen LogP contribution is -2.35. The Balaban J connectivity index is 2.38. The summed E-state index contributed by atoms with van der Waals surface area (Å²) in [6.07, 6.45) is -4.11. The van der Waals surface area contributed by atoms with E-state index in [1.165, 1.54) is 0 Å². The van der Waals surface area contributed by atoms with Crippen molar-refractivity contribution in [1.29, 1.82) is 0 Å². The molecule has 0 unspecified atom stereocenters. The first-order valence-corrected chi connectivity index (χ1v) is 6.19. The van der Waals surface area contributed by atoms with Gasteiger partial charge in [0, 0.05) is 19.3 Å². The summed E-state index contributed by atoms with van der Waals surface area (Å²) in [7, 11) is 0. The molecule has 0 spiro atoms. The number of ether oxygens (including phenoxy) is 1. The summed E-state index contributed by atoms with van der Waals surface area (Å²) in [4.78, 5) is 18.3. The van der Waals surface area contributed by atoms with E-state index in [-0.39, 0.29) is 19.0 Å². The normalized spacial score (nSPS) is 11.9. The Morgan fingerprint density at radius 3 is 2.52 bits per heavy atom. The lowest BCUT2D eigenvalue weighted by molar-refractivity contribution is -0.141. The van der Waals surface area contributed by atoms with E-state index in [9.17, 15) is 18.0 Å². The molecule has 6 nitrogen and oxygen atoms in total. The molecule has 1 amide bonds. The number of amides is 1. The van der Waals surface area contributed by atoms with E-state index in [1.807, 2.05) is 0 Å². The first-order valence-electron chi connectivity index (χ1n) is 6.19. The zero-order valence-corrected chi connectivity index (χ0v) is 11.9. The van der Waals surface area contributed by atoms with Gasteiger partial charge in [0.05, 0.1) is 0 Å². The highest BCUT2D eigenvalue weighted by Crippen LogP contribution is 2.27. The average molecular weight is 306 g/mol. The fourth-order valence-corrected chi connectivity index (χ4v) is 1.25. The van der Waals surface area contributed by atoms with E-state index in [1.54, 1.807) is 20.8 Å². The summed E-state index contributed by atoms with van der Waals surface area (Å²) in [6, 6.07) is 0.782. The number of hydrogen-bond donors (Lipinski definition) is 2. The standard InChI is InChI=1S/C12H17F3N4O2/c1-11(2,3)21-10(20)18-7-6-17-9-16-5-4-8(19-9)12(13,14)15/h4-5H,6-7H2,1-3H3,(H,18,20)(H,16,17,19). The maximum absolute atomic E-state index is 12.4. The first-order chi connectivity index (χ1) is 9.58. The van der Waals surface area contributed by atoms with Gasteiger partial charge in [-0.2, -0.15) is 13.2 Å². The SMILES string of the molecule is CC(C)(C)OC(=O)NCCNc1nccc(C(F)(F)F)n1. The molecule has 0 aromatic carbocycles. The molecule has 118 valence electrons. The Bertz CT molecular complexity index is 486. The van der Waals surface area contributed by atoms with Gasteiger partial charge in [0.1, 0.15) is 11.3 Å². The second kappa shape index (κ2) is 6.59. The number of anilines is 1. The van der Waals surface area contributed by atoms with Crippen molar-refractivity contribution in [1.82, 2.24) is 15.3 Å². The van der Waals surface area contributed by atoms with Crippen molar-refractivity contribution in [2.75, 3.05) is 18.4 Å². The van der Waals surface area contributed by atoms with Crippen LogP contribution >= 0.6 is 0 Å². The molecule has 9 heteroatoms. The van der Waals surface area contributed by atoms with Gasteiger partial charge in [0.15, 0.2) is 0 Å². The molecule has 0 aliphatic carbocycles. The van der Waals surface area contributed by atoms with Crippen LogP contribution < -0.4 is 10.6 Å². The van der Waals surface area contributed by atoms with Crippen LogP contribution in [-0.4, -0.2) is 34.8 Å². The van der Waals surface area contributed by atoms with E-state index in [0.717, 1.165) is 12.3 Å². The first kappa shape index (κ1) is 17.0. The van der Waals surface area contributed by atoms with Crippen LogP contribution in [0.3, 0.4) is 0 Å². The van der Waals surface area contributed by atoms with Crippen molar-refractivity contribution in [2.45, 2.75) is 32.5 Å². The van der Waals surface area contributed by atoms with Crippen LogP contribution in [0.2, 0.25) is 0 Å². The Labute approximate surface area is 120 Å². The maximum Gasteiger partial charge on any atom is 0.433 e. The molecular formula is C12H17F3N4O2. The van der Waals surface area contributed by atoms with E-state index in [0.29, 0.717) is 0 Å². The zero-order valence-electron chi connectivity index (χ0n) is 11.9. The van der Waals surface area contributed by atoms with Crippen LogP contribution in [0.15, 0.2) is 12.3 Å². The number of nitrogens with one attached hydrogen (secondary N) is 2. The predicted molar refractivity (Wildman–Crippen MR) is 69.8 cm³/mol. The van der Waals surface area contributed by atoms with Gasteiger partial charge < -0.3 is 15.4 Å². The number of carbonyl (C=O) groups is 1. The molecule has 1 aromatic rings. The van der Waals surface area contributed by atoms with Gasteiger partial charge in [0.2, 0.25) is 5.95 Å². The van der Waals surface area contributed by atoms with Crippen LogP contribution in [0.1, 0.15) is 26.5 Å². The van der Waals surface area contributed by atoms with E-state index in [2.05, 4.69) is 20.6 Å². The topological polar surface area (TPSA) is 76.1 Å². The van der Waals surface area contributed by atoms with Gasteiger partial charge in [-0.05, 0) is 26.8 Å². The molecular weight excluding hydrogens is 289 g/mol. The Morgan fingerprint density at radius 2 is 1.95 bits per heavy atom. The molecule has 21 heavy (non-hydrogen) atoms. The summed E-state index contributed by atoms with van der Waals surface area (Å²) < 4.78 is 42.3. The smallest absolute Gasteiger partial charge is 0.433 e. The van der Waals surface area contributed by atoms with E-state index < -0.39 is 23.6 Å². The summed E-state index contributed by atoms with van der Waals surface area (Å²) >= 11 is 0. The zero-order chi connectivity index (χ0) is 16.1. The van der Waals surface area contributed by atoms with Crippen LogP contribution in [0, 0.1) is 0 Å². The van der Waals surface area contributed by atoms with Gasteiger partial charge in [-0.3, -0.25) is 0 Å². The molecule has 1 heterocycles. The molecule has 0 radical (unpaired) electrons. The fraction of sp³-hybridized carbons (Fsp3) is 0.583.